The summed E-state index contributed by atoms with van der Waals surface area (Å²) in [6.07, 6.45) is 1.54. The van der Waals surface area contributed by atoms with Gasteiger partial charge in [0, 0.05) is 18.8 Å². The Morgan fingerprint density at radius 2 is 2.04 bits per heavy atom. The van der Waals surface area contributed by atoms with Gasteiger partial charge in [0.25, 0.3) is 5.91 Å². The average Bonchev–Trinajstić information content (AvgIpc) is 2.82. The van der Waals surface area contributed by atoms with Gasteiger partial charge in [0.1, 0.15) is 0 Å². The number of aromatic nitrogens is 2. The smallest absolute Gasteiger partial charge is 0.335 e. The third kappa shape index (κ3) is 4.01. The van der Waals surface area contributed by atoms with Crippen LogP contribution in [0.3, 0.4) is 0 Å². The lowest BCUT2D eigenvalue weighted by atomic mass is 10.1. The van der Waals surface area contributed by atoms with E-state index in [0.29, 0.717) is 18.5 Å². The van der Waals surface area contributed by atoms with Crippen LogP contribution >= 0.6 is 0 Å². The number of nitrogens with zero attached hydrogens (tertiary/aromatic N) is 2. The Morgan fingerprint density at radius 1 is 1.29 bits per heavy atom. The Bertz CT molecular complexity index is 750. The number of aryl methyl sites for hydroxylation is 2. The van der Waals surface area contributed by atoms with Gasteiger partial charge in [-0.25, -0.2) is 4.79 Å². The third-order valence-electron chi connectivity index (χ3n) is 3.92. The molecular formula is C18H23N3O3. The van der Waals surface area contributed by atoms with Crippen molar-refractivity contribution in [2.75, 3.05) is 6.54 Å². The number of nitrogens with one attached hydrogen (secondary N) is 1. The summed E-state index contributed by atoms with van der Waals surface area (Å²) in [6, 6.07) is 6.75. The molecule has 0 aliphatic heterocycles. The molecule has 128 valence electrons. The number of hydrogen-bond acceptors (Lipinski definition) is 3. The van der Waals surface area contributed by atoms with Crippen LogP contribution in [0.15, 0.2) is 24.3 Å². The first-order chi connectivity index (χ1) is 11.4. The molecule has 24 heavy (non-hydrogen) atoms. The Hall–Kier alpha value is -2.63. The zero-order chi connectivity index (χ0) is 17.7. The molecule has 2 N–H and O–H groups in total. The molecule has 1 amide bonds. The van der Waals surface area contributed by atoms with Crippen LogP contribution in [0.1, 0.15) is 51.0 Å². The zero-order valence-electron chi connectivity index (χ0n) is 14.3. The highest BCUT2D eigenvalue weighted by Gasteiger charge is 2.17. The van der Waals surface area contributed by atoms with E-state index in [1.54, 1.807) is 18.2 Å². The summed E-state index contributed by atoms with van der Waals surface area (Å²) in [6.45, 7) is 7.05. The number of carbonyl (C=O) groups excluding carboxylic acids is 1. The largest absolute Gasteiger partial charge is 0.478 e. The van der Waals surface area contributed by atoms with Gasteiger partial charge in [0.2, 0.25) is 0 Å². The summed E-state index contributed by atoms with van der Waals surface area (Å²) in [5.41, 5.74) is 3.37. The van der Waals surface area contributed by atoms with Crippen molar-refractivity contribution in [2.45, 2.75) is 40.2 Å². The van der Waals surface area contributed by atoms with Crippen molar-refractivity contribution in [3.05, 3.63) is 52.3 Å². The van der Waals surface area contributed by atoms with Crippen molar-refractivity contribution in [3.8, 4) is 0 Å². The molecule has 1 aromatic heterocycles. The summed E-state index contributed by atoms with van der Waals surface area (Å²) in [7, 11) is 0. The normalized spacial score (nSPS) is 10.6. The maximum absolute atomic E-state index is 12.4. The lowest BCUT2D eigenvalue weighted by Gasteiger charge is -2.07. The Labute approximate surface area is 141 Å². The molecule has 0 radical (unpaired) electrons. The summed E-state index contributed by atoms with van der Waals surface area (Å²) in [5, 5.41) is 16.3. The van der Waals surface area contributed by atoms with Gasteiger partial charge in [-0.3, -0.25) is 9.48 Å². The number of aromatic carboxylic acids is 1. The fourth-order valence-electron chi connectivity index (χ4n) is 2.72. The van der Waals surface area contributed by atoms with E-state index in [4.69, 9.17) is 5.11 Å². The SMILES string of the molecule is CCCn1nc(C)c(C(=O)NCCc2cccc(C(=O)O)c2)c1C. The molecule has 0 fully saturated rings. The monoisotopic (exact) mass is 329 g/mol. The summed E-state index contributed by atoms with van der Waals surface area (Å²) < 4.78 is 1.86. The van der Waals surface area contributed by atoms with E-state index in [-0.39, 0.29) is 11.5 Å². The average molecular weight is 329 g/mol. The second-order valence-corrected chi connectivity index (χ2v) is 5.78. The molecule has 2 aromatic rings. The van der Waals surface area contributed by atoms with Gasteiger partial charge in [-0.1, -0.05) is 19.1 Å². The second-order valence-electron chi connectivity index (χ2n) is 5.78. The van der Waals surface area contributed by atoms with Crippen LogP contribution in [0.25, 0.3) is 0 Å². The zero-order valence-corrected chi connectivity index (χ0v) is 14.3. The van der Waals surface area contributed by atoms with Crippen LogP contribution in [-0.4, -0.2) is 33.3 Å². The van der Waals surface area contributed by atoms with Crippen LogP contribution in [0.5, 0.6) is 0 Å². The van der Waals surface area contributed by atoms with E-state index in [1.165, 1.54) is 0 Å². The van der Waals surface area contributed by atoms with Crippen molar-refractivity contribution in [2.24, 2.45) is 0 Å². The number of hydrogen-bond donors (Lipinski definition) is 2. The Morgan fingerprint density at radius 3 is 2.71 bits per heavy atom. The molecule has 0 saturated carbocycles. The van der Waals surface area contributed by atoms with E-state index < -0.39 is 5.97 Å². The van der Waals surface area contributed by atoms with Crippen LogP contribution in [0.2, 0.25) is 0 Å². The van der Waals surface area contributed by atoms with Crippen LogP contribution in [-0.2, 0) is 13.0 Å². The van der Waals surface area contributed by atoms with Crippen molar-refractivity contribution < 1.29 is 14.7 Å². The van der Waals surface area contributed by atoms with E-state index >= 15 is 0 Å². The predicted octanol–water partition coefficient (Wildman–Crippen LogP) is 2.58. The minimum Gasteiger partial charge on any atom is -0.478 e. The molecule has 1 heterocycles. The standard InChI is InChI=1S/C18H23N3O3/c1-4-10-21-13(3)16(12(2)20-21)17(22)19-9-8-14-6-5-7-15(11-14)18(23)24/h5-7,11H,4,8-10H2,1-3H3,(H,19,22)(H,23,24). The highest BCUT2D eigenvalue weighted by Crippen LogP contribution is 2.13. The number of benzene rings is 1. The second kappa shape index (κ2) is 7.77. The molecule has 0 unspecified atom stereocenters. The number of amides is 1. The van der Waals surface area contributed by atoms with Crippen molar-refractivity contribution >= 4 is 11.9 Å². The molecule has 0 atom stereocenters. The molecule has 0 spiro atoms. The van der Waals surface area contributed by atoms with Gasteiger partial charge in [-0.05, 0) is 44.4 Å². The highest BCUT2D eigenvalue weighted by atomic mass is 16.4. The van der Waals surface area contributed by atoms with Crippen LogP contribution in [0, 0.1) is 13.8 Å². The number of carboxylic acids is 1. The van der Waals surface area contributed by atoms with E-state index in [2.05, 4.69) is 17.3 Å². The van der Waals surface area contributed by atoms with Crippen LogP contribution < -0.4 is 5.32 Å². The number of carboxylic acid groups (broad SMARTS) is 1. The Kier molecular flexibility index (Phi) is 5.73. The van der Waals surface area contributed by atoms with Crippen LogP contribution in [0.4, 0.5) is 0 Å². The molecule has 0 aliphatic rings. The van der Waals surface area contributed by atoms with E-state index in [9.17, 15) is 9.59 Å². The highest BCUT2D eigenvalue weighted by molar-refractivity contribution is 5.96. The van der Waals surface area contributed by atoms with Gasteiger partial charge >= 0.3 is 5.97 Å². The topological polar surface area (TPSA) is 84.2 Å². The molecule has 6 heteroatoms. The maximum Gasteiger partial charge on any atom is 0.335 e. The van der Waals surface area contributed by atoms with Crippen molar-refractivity contribution in [3.63, 3.8) is 0 Å². The summed E-state index contributed by atoms with van der Waals surface area (Å²) in [5.74, 6) is -1.09. The van der Waals surface area contributed by atoms with Gasteiger partial charge < -0.3 is 10.4 Å². The van der Waals surface area contributed by atoms with E-state index in [1.807, 2.05) is 24.6 Å². The predicted molar refractivity (Wildman–Crippen MR) is 91.4 cm³/mol. The van der Waals surface area contributed by atoms with Crippen molar-refractivity contribution in [1.29, 1.82) is 0 Å². The molecule has 0 aliphatic carbocycles. The first-order valence-corrected chi connectivity index (χ1v) is 8.08. The fourth-order valence-corrected chi connectivity index (χ4v) is 2.72. The molecule has 0 saturated heterocycles. The van der Waals surface area contributed by atoms with Gasteiger partial charge in [-0.15, -0.1) is 0 Å². The summed E-state index contributed by atoms with van der Waals surface area (Å²) >= 11 is 0. The van der Waals surface area contributed by atoms with Gasteiger partial charge in [0.15, 0.2) is 0 Å². The fraction of sp³-hybridized carbons (Fsp3) is 0.389. The lowest BCUT2D eigenvalue weighted by molar-refractivity contribution is 0.0696. The molecule has 1 aromatic carbocycles. The first-order valence-electron chi connectivity index (χ1n) is 8.08. The Balaban J connectivity index is 1.99. The van der Waals surface area contributed by atoms with Gasteiger partial charge in [0.05, 0.1) is 16.8 Å². The molecule has 2 rings (SSSR count). The quantitative estimate of drug-likeness (QED) is 0.818. The molecule has 0 bridgehead atoms. The van der Waals surface area contributed by atoms with Crippen molar-refractivity contribution in [1.82, 2.24) is 15.1 Å². The number of carbonyl (C=O) groups is 2. The van der Waals surface area contributed by atoms with Gasteiger partial charge in [-0.2, -0.15) is 5.10 Å². The molecular weight excluding hydrogens is 306 g/mol. The molecule has 6 nitrogen and oxygen atoms in total. The maximum atomic E-state index is 12.4. The first kappa shape index (κ1) is 17.7. The minimum absolute atomic E-state index is 0.137. The minimum atomic E-state index is -0.949. The lowest BCUT2D eigenvalue weighted by Crippen LogP contribution is -2.26. The number of rotatable bonds is 7. The summed E-state index contributed by atoms with van der Waals surface area (Å²) in [4.78, 5) is 23.4. The third-order valence-corrected chi connectivity index (χ3v) is 3.92. The van der Waals surface area contributed by atoms with E-state index in [0.717, 1.165) is 29.9 Å².